The molecular formula is C25H27F3N6O. The van der Waals surface area contributed by atoms with Crippen LogP contribution in [0.25, 0.3) is 11.4 Å². The molecule has 2 aliphatic rings. The molecule has 0 saturated carbocycles. The highest BCUT2D eigenvalue weighted by molar-refractivity contribution is 5.60. The van der Waals surface area contributed by atoms with Gasteiger partial charge in [0.05, 0.1) is 18.2 Å². The molecule has 0 aliphatic carbocycles. The minimum absolute atomic E-state index is 0.0945. The largest absolute Gasteiger partial charge is 0.416 e. The van der Waals surface area contributed by atoms with Crippen LogP contribution >= 0.6 is 0 Å². The summed E-state index contributed by atoms with van der Waals surface area (Å²) in [6, 6.07) is 12.8. The number of halogens is 3. The molecule has 0 spiro atoms. The molecule has 3 aromatic rings. The second-order valence-corrected chi connectivity index (χ2v) is 9.07. The van der Waals surface area contributed by atoms with E-state index in [0.29, 0.717) is 38.0 Å². The van der Waals surface area contributed by atoms with Crippen LogP contribution in [0.15, 0.2) is 48.5 Å². The van der Waals surface area contributed by atoms with Crippen molar-refractivity contribution in [2.24, 2.45) is 0 Å². The summed E-state index contributed by atoms with van der Waals surface area (Å²) in [5.74, 6) is 0.978. The Morgan fingerprint density at radius 3 is 2.34 bits per heavy atom. The van der Waals surface area contributed by atoms with Gasteiger partial charge in [-0.1, -0.05) is 36.4 Å². The molecule has 10 heteroatoms. The Morgan fingerprint density at radius 1 is 0.914 bits per heavy atom. The predicted octanol–water partition coefficient (Wildman–Crippen LogP) is 3.23. The Bertz CT molecular complexity index is 1200. The van der Waals surface area contributed by atoms with Gasteiger partial charge >= 0.3 is 6.18 Å². The van der Waals surface area contributed by atoms with Gasteiger partial charge in [0.1, 0.15) is 0 Å². The van der Waals surface area contributed by atoms with E-state index in [9.17, 15) is 18.3 Å². The smallest absolute Gasteiger partial charge is 0.394 e. The molecule has 1 atom stereocenters. The molecule has 1 N–H and O–H groups in total. The van der Waals surface area contributed by atoms with Crippen molar-refractivity contribution < 1.29 is 18.3 Å². The molecule has 35 heavy (non-hydrogen) atoms. The summed E-state index contributed by atoms with van der Waals surface area (Å²) in [7, 11) is 2.04. The van der Waals surface area contributed by atoms with Crippen molar-refractivity contribution in [1.29, 1.82) is 0 Å². The van der Waals surface area contributed by atoms with Crippen molar-refractivity contribution in [3.63, 3.8) is 0 Å². The fourth-order valence-electron chi connectivity index (χ4n) is 4.58. The topological polar surface area (TPSA) is 68.6 Å². The van der Waals surface area contributed by atoms with Gasteiger partial charge in [0.2, 0.25) is 11.9 Å². The van der Waals surface area contributed by atoms with Gasteiger partial charge in [-0.25, -0.2) is 0 Å². The van der Waals surface area contributed by atoms with Crippen LogP contribution in [0.5, 0.6) is 0 Å². The lowest BCUT2D eigenvalue weighted by Crippen LogP contribution is -2.46. The van der Waals surface area contributed by atoms with Crippen LogP contribution in [-0.4, -0.2) is 70.8 Å². The second kappa shape index (κ2) is 9.43. The lowest BCUT2D eigenvalue weighted by atomic mass is 9.94. The molecule has 0 radical (unpaired) electrons. The van der Waals surface area contributed by atoms with E-state index in [1.165, 1.54) is 6.07 Å². The first kappa shape index (κ1) is 23.5. The third-order valence-electron chi connectivity index (χ3n) is 6.67. The normalized spacial score (nSPS) is 19.1. The molecule has 3 heterocycles. The monoisotopic (exact) mass is 484 g/mol. The van der Waals surface area contributed by atoms with E-state index in [2.05, 4.69) is 14.9 Å². The van der Waals surface area contributed by atoms with Crippen LogP contribution in [-0.2, 0) is 19.1 Å². The molecule has 5 rings (SSSR count). The molecule has 7 nitrogen and oxygen atoms in total. The van der Waals surface area contributed by atoms with Crippen LogP contribution in [0, 0.1) is 0 Å². The van der Waals surface area contributed by atoms with Gasteiger partial charge in [0.15, 0.2) is 5.82 Å². The minimum atomic E-state index is -4.47. The Hall–Kier alpha value is -3.24. The second-order valence-electron chi connectivity index (χ2n) is 9.07. The number of hydrogen-bond acceptors (Lipinski definition) is 7. The molecular weight excluding hydrogens is 457 g/mol. The van der Waals surface area contributed by atoms with Crippen molar-refractivity contribution in [3.05, 3.63) is 65.2 Å². The first-order valence-corrected chi connectivity index (χ1v) is 11.6. The van der Waals surface area contributed by atoms with Crippen LogP contribution < -0.4 is 9.80 Å². The number of nitrogens with zero attached hydrogens (tertiary/aromatic N) is 6. The van der Waals surface area contributed by atoms with Gasteiger partial charge in [-0.05, 0) is 36.7 Å². The lowest BCUT2D eigenvalue weighted by molar-refractivity contribution is -0.137. The van der Waals surface area contributed by atoms with Crippen LogP contribution in [0.4, 0.5) is 25.1 Å². The Labute approximate surface area is 201 Å². The standard InChI is InChI=1S/C25H27F3N6O/c1-32-9-11-33(12-10-32)23-29-22(18-7-4-8-20(13-18)25(26,27)28)30-24(31-23)34-15-19-6-3-2-5-17(19)14-21(34)16-35/h2-8,13,21,35H,9-12,14-16H2,1H3/t21-/m1/s1. The highest BCUT2D eigenvalue weighted by Crippen LogP contribution is 2.33. The summed E-state index contributed by atoms with van der Waals surface area (Å²) in [4.78, 5) is 20.1. The molecule has 184 valence electrons. The van der Waals surface area contributed by atoms with E-state index < -0.39 is 11.7 Å². The van der Waals surface area contributed by atoms with E-state index >= 15 is 0 Å². The van der Waals surface area contributed by atoms with Crippen molar-refractivity contribution in [3.8, 4) is 11.4 Å². The summed E-state index contributed by atoms with van der Waals surface area (Å²) in [6.45, 7) is 3.47. The zero-order valence-corrected chi connectivity index (χ0v) is 19.4. The third kappa shape index (κ3) is 4.94. The van der Waals surface area contributed by atoms with Crippen LogP contribution in [0.1, 0.15) is 16.7 Å². The Kier molecular flexibility index (Phi) is 6.33. The molecule has 0 amide bonds. The summed E-state index contributed by atoms with van der Waals surface area (Å²) in [6.07, 6.45) is -3.84. The maximum Gasteiger partial charge on any atom is 0.416 e. The summed E-state index contributed by atoms with van der Waals surface area (Å²) in [5.41, 5.74) is 1.80. The average molecular weight is 485 g/mol. The summed E-state index contributed by atoms with van der Waals surface area (Å²) in [5, 5.41) is 10.2. The number of aliphatic hydroxyl groups excluding tert-OH is 1. The SMILES string of the molecule is CN1CCN(c2nc(-c3cccc(C(F)(F)F)c3)nc(N3Cc4ccccc4C[C@@H]3CO)n2)CC1. The van der Waals surface area contributed by atoms with Gasteiger partial charge in [-0.2, -0.15) is 28.1 Å². The first-order chi connectivity index (χ1) is 16.8. The number of hydrogen-bond donors (Lipinski definition) is 1. The van der Waals surface area contributed by atoms with Crippen LogP contribution in [0.2, 0.25) is 0 Å². The van der Waals surface area contributed by atoms with E-state index in [4.69, 9.17) is 4.98 Å². The minimum Gasteiger partial charge on any atom is -0.394 e. The fraction of sp³-hybridized carbons (Fsp3) is 0.400. The molecule has 1 saturated heterocycles. The number of fused-ring (bicyclic) bond motifs is 1. The summed E-state index contributed by atoms with van der Waals surface area (Å²) < 4.78 is 40.2. The lowest BCUT2D eigenvalue weighted by Gasteiger charge is -2.37. The molecule has 0 unspecified atom stereocenters. The highest BCUT2D eigenvalue weighted by Gasteiger charge is 2.32. The van der Waals surface area contributed by atoms with Gasteiger partial charge in [0, 0.05) is 38.3 Å². The summed E-state index contributed by atoms with van der Waals surface area (Å²) >= 11 is 0. The molecule has 1 aromatic heterocycles. The van der Waals surface area contributed by atoms with Gasteiger partial charge in [-0.15, -0.1) is 0 Å². The highest BCUT2D eigenvalue weighted by atomic mass is 19.4. The van der Waals surface area contributed by atoms with Gasteiger partial charge in [-0.3, -0.25) is 0 Å². The van der Waals surface area contributed by atoms with E-state index in [0.717, 1.165) is 36.3 Å². The quantitative estimate of drug-likeness (QED) is 0.610. The molecule has 1 fully saturated rings. The third-order valence-corrected chi connectivity index (χ3v) is 6.67. The first-order valence-electron chi connectivity index (χ1n) is 11.6. The van der Waals surface area contributed by atoms with Gasteiger partial charge in [0.25, 0.3) is 0 Å². The number of rotatable bonds is 4. The Morgan fingerprint density at radius 2 is 1.63 bits per heavy atom. The predicted molar refractivity (Wildman–Crippen MR) is 127 cm³/mol. The van der Waals surface area contributed by atoms with Crippen molar-refractivity contribution in [1.82, 2.24) is 19.9 Å². The molecule has 0 bridgehead atoms. The number of benzene rings is 2. The number of aliphatic hydroxyl groups is 1. The van der Waals surface area contributed by atoms with Gasteiger partial charge < -0.3 is 19.8 Å². The number of likely N-dealkylation sites (N-methyl/N-ethyl adjacent to an activating group) is 1. The fourth-order valence-corrected chi connectivity index (χ4v) is 4.58. The van der Waals surface area contributed by atoms with Crippen molar-refractivity contribution in [2.75, 3.05) is 49.6 Å². The van der Waals surface area contributed by atoms with E-state index in [1.807, 2.05) is 41.1 Å². The number of anilines is 2. The van der Waals surface area contributed by atoms with Crippen molar-refractivity contribution >= 4 is 11.9 Å². The number of piperazine rings is 1. The Balaban J connectivity index is 1.59. The maximum atomic E-state index is 13.4. The van der Waals surface area contributed by atoms with Crippen LogP contribution in [0.3, 0.4) is 0 Å². The van der Waals surface area contributed by atoms with Crippen molar-refractivity contribution in [2.45, 2.75) is 25.2 Å². The zero-order valence-electron chi connectivity index (χ0n) is 19.4. The number of aromatic nitrogens is 3. The van der Waals surface area contributed by atoms with E-state index in [-0.39, 0.29) is 24.0 Å². The number of alkyl halides is 3. The molecule has 2 aromatic carbocycles. The zero-order chi connectivity index (χ0) is 24.6. The maximum absolute atomic E-state index is 13.4. The molecule has 2 aliphatic heterocycles. The van der Waals surface area contributed by atoms with E-state index in [1.54, 1.807) is 6.07 Å². The average Bonchev–Trinajstić information content (AvgIpc) is 2.87.